The molecule has 0 bridgehead atoms. The number of likely N-dealkylation sites (N-methyl/N-ethyl adjacent to an activating group) is 1. The van der Waals surface area contributed by atoms with Gasteiger partial charge in [0, 0.05) is 49.5 Å². The third kappa shape index (κ3) is 4.51. The van der Waals surface area contributed by atoms with E-state index in [4.69, 9.17) is 4.42 Å². The van der Waals surface area contributed by atoms with Gasteiger partial charge < -0.3 is 24.4 Å². The van der Waals surface area contributed by atoms with Crippen LogP contribution in [0.1, 0.15) is 29.8 Å². The molecule has 1 aromatic carbocycles. The molecule has 2 fully saturated rings. The fraction of sp³-hybridized carbons (Fsp3) is 0.478. The summed E-state index contributed by atoms with van der Waals surface area (Å²) in [5, 5.41) is 3.04. The van der Waals surface area contributed by atoms with Crippen molar-refractivity contribution >= 4 is 23.2 Å². The maximum atomic E-state index is 12.7. The van der Waals surface area contributed by atoms with Gasteiger partial charge in [0.05, 0.1) is 6.26 Å². The highest BCUT2D eigenvalue weighted by Gasteiger charge is 2.29. The van der Waals surface area contributed by atoms with Crippen LogP contribution >= 0.6 is 0 Å². The van der Waals surface area contributed by atoms with Crippen LogP contribution in [0.5, 0.6) is 0 Å². The minimum atomic E-state index is -0.104. The molecule has 7 nitrogen and oxygen atoms in total. The van der Waals surface area contributed by atoms with Crippen molar-refractivity contribution in [2.45, 2.75) is 25.3 Å². The number of rotatable bonds is 5. The molecule has 160 valence electrons. The van der Waals surface area contributed by atoms with Crippen LogP contribution in [-0.4, -0.2) is 67.9 Å². The van der Waals surface area contributed by atoms with Crippen LogP contribution in [0.15, 0.2) is 47.1 Å². The van der Waals surface area contributed by atoms with Gasteiger partial charge in [0.15, 0.2) is 5.76 Å². The normalized spacial score (nSPS) is 20.0. The van der Waals surface area contributed by atoms with E-state index in [9.17, 15) is 9.59 Å². The lowest BCUT2D eigenvalue weighted by atomic mass is 9.95. The van der Waals surface area contributed by atoms with Crippen molar-refractivity contribution in [2.24, 2.45) is 5.92 Å². The number of nitrogens with one attached hydrogen (secondary N) is 1. The molecule has 2 amide bonds. The molecule has 0 radical (unpaired) electrons. The van der Waals surface area contributed by atoms with Gasteiger partial charge in [0.25, 0.3) is 5.91 Å². The van der Waals surface area contributed by atoms with Gasteiger partial charge in [0.2, 0.25) is 5.91 Å². The number of carbonyl (C=O) groups excluding carboxylic acids is 2. The third-order valence-electron chi connectivity index (χ3n) is 6.28. The first kappa shape index (κ1) is 20.5. The Hall–Kier alpha value is -2.80. The quantitative estimate of drug-likeness (QED) is 0.821. The van der Waals surface area contributed by atoms with E-state index < -0.39 is 0 Å². The van der Waals surface area contributed by atoms with Gasteiger partial charge in [-0.3, -0.25) is 9.59 Å². The molecule has 30 heavy (non-hydrogen) atoms. The van der Waals surface area contributed by atoms with Gasteiger partial charge in [0.1, 0.15) is 0 Å². The number of likely N-dealkylation sites (tertiary alicyclic amines) is 1. The molecule has 7 heteroatoms. The fourth-order valence-electron chi connectivity index (χ4n) is 4.30. The van der Waals surface area contributed by atoms with E-state index in [1.807, 2.05) is 12.1 Å². The first-order valence-electron chi connectivity index (χ1n) is 10.7. The van der Waals surface area contributed by atoms with Crippen LogP contribution in [0.4, 0.5) is 11.4 Å². The molecule has 1 N–H and O–H groups in total. The molecule has 2 aliphatic rings. The van der Waals surface area contributed by atoms with E-state index in [0.29, 0.717) is 37.7 Å². The SMILES string of the molecule is CN(C)C1CCN(c2ccc(NC(=O)C3CCN(C(=O)c4ccco4)CC3)cc2)C1. The molecule has 4 rings (SSSR count). The van der Waals surface area contributed by atoms with Crippen molar-refractivity contribution in [1.29, 1.82) is 0 Å². The summed E-state index contributed by atoms with van der Waals surface area (Å²) in [5.74, 6) is 0.201. The highest BCUT2D eigenvalue weighted by molar-refractivity contribution is 5.94. The minimum absolute atomic E-state index is 0.0293. The summed E-state index contributed by atoms with van der Waals surface area (Å²) >= 11 is 0. The molecule has 0 aliphatic carbocycles. The number of nitrogens with zero attached hydrogens (tertiary/aromatic N) is 3. The smallest absolute Gasteiger partial charge is 0.289 e. The summed E-state index contributed by atoms with van der Waals surface area (Å²) in [6, 6.07) is 12.1. The molecular formula is C23H30N4O3. The fourth-order valence-corrected chi connectivity index (χ4v) is 4.30. The summed E-state index contributed by atoms with van der Waals surface area (Å²) < 4.78 is 5.19. The number of furan rings is 1. The molecule has 2 aliphatic heterocycles. The summed E-state index contributed by atoms with van der Waals surface area (Å²) in [7, 11) is 4.26. The lowest BCUT2D eigenvalue weighted by Gasteiger charge is -2.30. The first-order chi connectivity index (χ1) is 14.5. The zero-order valence-electron chi connectivity index (χ0n) is 17.7. The number of benzene rings is 1. The molecule has 1 unspecified atom stereocenters. The van der Waals surface area contributed by atoms with Gasteiger partial charge in [-0.25, -0.2) is 0 Å². The van der Waals surface area contributed by atoms with Crippen molar-refractivity contribution in [1.82, 2.24) is 9.80 Å². The van der Waals surface area contributed by atoms with Gasteiger partial charge in [-0.1, -0.05) is 0 Å². The van der Waals surface area contributed by atoms with Gasteiger partial charge in [-0.05, 0) is 69.8 Å². The van der Waals surface area contributed by atoms with Crippen LogP contribution in [0.3, 0.4) is 0 Å². The molecule has 3 heterocycles. The Balaban J connectivity index is 1.27. The Morgan fingerprint density at radius 1 is 1.03 bits per heavy atom. The average molecular weight is 411 g/mol. The van der Waals surface area contributed by atoms with Crippen LogP contribution in [0.25, 0.3) is 0 Å². The second-order valence-electron chi connectivity index (χ2n) is 8.43. The molecule has 1 atom stereocenters. The Kier molecular flexibility index (Phi) is 6.08. The highest BCUT2D eigenvalue weighted by atomic mass is 16.3. The molecule has 2 saturated heterocycles. The maximum Gasteiger partial charge on any atom is 0.289 e. The van der Waals surface area contributed by atoms with E-state index in [1.54, 1.807) is 17.0 Å². The van der Waals surface area contributed by atoms with Crippen molar-refractivity contribution in [3.8, 4) is 0 Å². The lowest BCUT2D eigenvalue weighted by molar-refractivity contribution is -0.121. The van der Waals surface area contributed by atoms with Crippen molar-refractivity contribution in [2.75, 3.05) is 50.5 Å². The molecule has 2 aromatic rings. The molecule has 1 aromatic heterocycles. The lowest BCUT2D eigenvalue weighted by Crippen LogP contribution is -2.41. The number of carbonyl (C=O) groups is 2. The average Bonchev–Trinajstić information content (AvgIpc) is 3.46. The van der Waals surface area contributed by atoms with Crippen LogP contribution in [-0.2, 0) is 4.79 Å². The highest BCUT2D eigenvalue weighted by Crippen LogP contribution is 2.25. The Morgan fingerprint density at radius 3 is 2.37 bits per heavy atom. The number of anilines is 2. The first-order valence-corrected chi connectivity index (χ1v) is 10.7. The monoisotopic (exact) mass is 410 g/mol. The van der Waals surface area contributed by atoms with Crippen LogP contribution < -0.4 is 10.2 Å². The summed E-state index contributed by atoms with van der Waals surface area (Å²) in [6.45, 7) is 3.23. The molecular weight excluding hydrogens is 380 g/mol. The summed E-state index contributed by atoms with van der Waals surface area (Å²) in [6.07, 6.45) is 4.00. The van der Waals surface area contributed by atoms with Crippen LogP contribution in [0, 0.1) is 5.92 Å². The summed E-state index contributed by atoms with van der Waals surface area (Å²) in [5.41, 5.74) is 2.02. The van der Waals surface area contributed by atoms with E-state index in [2.05, 4.69) is 41.3 Å². The predicted molar refractivity (Wildman–Crippen MR) is 117 cm³/mol. The minimum Gasteiger partial charge on any atom is -0.459 e. The molecule has 0 saturated carbocycles. The number of hydrogen-bond acceptors (Lipinski definition) is 5. The molecule has 0 spiro atoms. The van der Waals surface area contributed by atoms with Gasteiger partial charge in [-0.15, -0.1) is 0 Å². The second-order valence-corrected chi connectivity index (χ2v) is 8.43. The van der Waals surface area contributed by atoms with E-state index >= 15 is 0 Å². The number of piperidine rings is 1. The maximum absolute atomic E-state index is 12.7. The third-order valence-corrected chi connectivity index (χ3v) is 6.28. The standard InChI is InChI=1S/C23H30N4O3/c1-25(2)20-11-14-27(16-20)19-7-5-18(6-8-19)24-22(28)17-9-12-26(13-10-17)23(29)21-4-3-15-30-21/h3-8,15,17,20H,9-14,16H2,1-2H3,(H,24,28). The van der Waals surface area contributed by atoms with E-state index in [0.717, 1.165) is 18.8 Å². The van der Waals surface area contributed by atoms with E-state index in [1.165, 1.54) is 18.4 Å². The summed E-state index contributed by atoms with van der Waals surface area (Å²) in [4.78, 5) is 31.5. The topological polar surface area (TPSA) is 69.0 Å². The number of hydrogen-bond donors (Lipinski definition) is 1. The Labute approximate surface area is 177 Å². The van der Waals surface area contributed by atoms with Crippen molar-refractivity contribution in [3.05, 3.63) is 48.4 Å². The zero-order chi connectivity index (χ0) is 21.1. The van der Waals surface area contributed by atoms with Crippen LogP contribution in [0.2, 0.25) is 0 Å². The largest absolute Gasteiger partial charge is 0.459 e. The second kappa shape index (κ2) is 8.92. The van der Waals surface area contributed by atoms with Gasteiger partial charge in [-0.2, -0.15) is 0 Å². The Bertz CT molecular complexity index is 855. The van der Waals surface area contributed by atoms with Crippen molar-refractivity contribution in [3.63, 3.8) is 0 Å². The Morgan fingerprint density at radius 2 is 1.77 bits per heavy atom. The number of amides is 2. The van der Waals surface area contributed by atoms with Crippen molar-refractivity contribution < 1.29 is 14.0 Å². The van der Waals surface area contributed by atoms with Gasteiger partial charge >= 0.3 is 0 Å². The predicted octanol–water partition coefficient (Wildman–Crippen LogP) is 2.91. The zero-order valence-corrected chi connectivity index (χ0v) is 17.7. The van der Waals surface area contributed by atoms with E-state index in [-0.39, 0.29) is 17.7 Å².